The molecular weight excluding hydrogens is 393 g/mol. The predicted molar refractivity (Wildman–Crippen MR) is 50.1 cm³/mol. The summed E-state index contributed by atoms with van der Waals surface area (Å²) >= 11 is 5.06. The van der Waals surface area contributed by atoms with Crippen molar-refractivity contribution in [2.45, 2.75) is 13.8 Å². The standard InChI is InChI=1S/2C2H5.2HI.Zr/c2*1-2;;;/h2*1H2,2H3;2*1H;/q2*-1;;;+4/p-2. The molecule has 0 fully saturated rings. The summed E-state index contributed by atoms with van der Waals surface area (Å²) in [5.74, 6) is 0. The van der Waals surface area contributed by atoms with E-state index in [9.17, 15) is 0 Å². The van der Waals surface area contributed by atoms with Crippen LogP contribution in [0.15, 0.2) is 0 Å². The number of rotatable bonds is 0. The summed E-state index contributed by atoms with van der Waals surface area (Å²) < 4.78 is 0. The molecule has 0 aromatic rings. The molecule has 0 aromatic carbocycles. The normalized spacial score (nSPS) is 3.14. The summed E-state index contributed by atoms with van der Waals surface area (Å²) in [6.07, 6.45) is 0. The summed E-state index contributed by atoms with van der Waals surface area (Å²) in [5.41, 5.74) is 0. The third kappa shape index (κ3) is 61.1. The second kappa shape index (κ2) is 40.3. The van der Waals surface area contributed by atoms with E-state index in [4.69, 9.17) is 0 Å². The summed E-state index contributed by atoms with van der Waals surface area (Å²) in [5, 5.41) is 0. The Labute approximate surface area is 77.2 Å². The van der Waals surface area contributed by atoms with Crippen molar-refractivity contribution in [1.29, 1.82) is 0 Å². The van der Waals surface area contributed by atoms with Crippen LogP contribution in [-0.2, 0) is 14.9 Å². The van der Waals surface area contributed by atoms with Crippen LogP contribution in [0.5, 0.6) is 0 Å². The molecule has 0 spiro atoms. The van der Waals surface area contributed by atoms with Crippen molar-refractivity contribution < 1.29 is 14.9 Å². The van der Waals surface area contributed by atoms with Gasteiger partial charge in [0.15, 0.2) is 0 Å². The maximum absolute atomic E-state index is 3.25. The van der Waals surface area contributed by atoms with E-state index in [-0.39, 0.29) is 14.9 Å². The van der Waals surface area contributed by atoms with Crippen LogP contribution in [0.25, 0.3) is 0 Å². The molecule has 0 aliphatic heterocycles. The van der Waals surface area contributed by atoms with E-state index in [2.05, 4.69) is 49.9 Å². The van der Waals surface area contributed by atoms with Gasteiger partial charge in [0.1, 0.15) is 0 Å². The first kappa shape index (κ1) is 16.2. The molecule has 3 heteroatoms. The molecule has 0 amide bonds. The molecule has 7 heavy (non-hydrogen) atoms. The molecule has 0 N–H and O–H groups in total. The molecule has 0 unspecified atom stereocenters. The average molecular weight is 403 g/mol. The zero-order chi connectivity index (χ0) is 6.71. The van der Waals surface area contributed by atoms with E-state index in [0.717, 1.165) is 0 Å². The van der Waals surface area contributed by atoms with Crippen molar-refractivity contribution in [1.82, 2.24) is 0 Å². The van der Waals surface area contributed by atoms with Crippen LogP contribution in [0.3, 0.4) is 0 Å². The Bertz CT molecular complexity index is 9.65. The first-order chi connectivity index (χ1) is 3.41. The van der Waals surface area contributed by atoms with Gasteiger partial charge in [-0.05, 0) is 0 Å². The minimum atomic E-state index is 0.170. The van der Waals surface area contributed by atoms with E-state index < -0.39 is 0 Å². The van der Waals surface area contributed by atoms with Crippen LogP contribution in [-0.4, -0.2) is 0 Å². The first-order valence-electron chi connectivity index (χ1n) is 1.79. The third-order valence-electron chi connectivity index (χ3n) is 0. The van der Waals surface area contributed by atoms with Gasteiger partial charge in [-0.1, -0.05) is 0 Å². The molecule has 0 aromatic heterocycles. The molecule has 0 atom stereocenters. The van der Waals surface area contributed by atoms with Gasteiger partial charge in [0.2, 0.25) is 0 Å². The summed E-state index contributed by atoms with van der Waals surface area (Å²) in [6.45, 7) is 10.0. The monoisotopic (exact) mass is 402 g/mol. The van der Waals surface area contributed by atoms with Crippen molar-refractivity contribution in [3.63, 3.8) is 0 Å². The molecule has 0 nitrogen and oxygen atoms in total. The molecule has 0 saturated heterocycles. The van der Waals surface area contributed by atoms with Gasteiger partial charge in [-0.2, -0.15) is 13.8 Å². The summed E-state index contributed by atoms with van der Waals surface area (Å²) in [6, 6.07) is 0. The van der Waals surface area contributed by atoms with Crippen LogP contribution < -0.4 is 0 Å². The predicted octanol–water partition coefficient (Wildman–Crippen LogP) is 3.45. The average Bonchev–Trinajstić information content (AvgIpc) is 1.78. The van der Waals surface area contributed by atoms with Crippen molar-refractivity contribution >= 4 is 36.1 Å². The molecule has 44 valence electrons. The third-order valence-corrected chi connectivity index (χ3v) is 0. The zero-order valence-electron chi connectivity index (χ0n) is 4.67. The maximum atomic E-state index is 3.25. The quantitative estimate of drug-likeness (QED) is 0.430. The molecule has 0 bridgehead atoms. The Hall–Kier alpha value is 2.34. The van der Waals surface area contributed by atoms with Crippen molar-refractivity contribution in [2.75, 3.05) is 0 Å². The number of hydrogen-bond acceptors (Lipinski definition) is 0. The van der Waals surface area contributed by atoms with Crippen molar-refractivity contribution in [2.24, 2.45) is 0 Å². The van der Waals surface area contributed by atoms with E-state index in [1.807, 2.05) is 0 Å². The van der Waals surface area contributed by atoms with Gasteiger partial charge in [0.05, 0.1) is 0 Å². The molecule has 0 aliphatic rings. The minimum absolute atomic E-state index is 0.170. The molecular formula is C4H10I2Zr. The van der Waals surface area contributed by atoms with Crippen LogP contribution >= 0.6 is 36.1 Å². The van der Waals surface area contributed by atoms with Crippen molar-refractivity contribution in [3.05, 3.63) is 13.8 Å². The second-order valence-electron chi connectivity index (χ2n) is 0.0714. The van der Waals surface area contributed by atoms with Gasteiger partial charge in [-0.15, -0.1) is 0 Å². The molecule has 0 heterocycles. The topological polar surface area (TPSA) is 0 Å². The fourth-order valence-electron chi connectivity index (χ4n) is 0. The Morgan fingerprint density at radius 3 is 1.00 bits per heavy atom. The Morgan fingerprint density at radius 1 is 1.00 bits per heavy atom. The summed E-state index contributed by atoms with van der Waals surface area (Å²) in [7, 11) is 0. The Balaban J connectivity index is -0.0000000360. The fourth-order valence-corrected chi connectivity index (χ4v) is 0. The Morgan fingerprint density at radius 2 is 1.00 bits per heavy atom. The molecule has 0 radical (unpaired) electrons. The van der Waals surface area contributed by atoms with Crippen molar-refractivity contribution in [3.8, 4) is 0 Å². The van der Waals surface area contributed by atoms with Gasteiger partial charge < -0.3 is 13.8 Å². The number of hydrogen-bond donors (Lipinski definition) is 0. The van der Waals surface area contributed by atoms with Gasteiger partial charge in [0.25, 0.3) is 0 Å². The SMILES string of the molecule is [CH2-]C.[CH2-]C.[I][Zr+2][I]. The van der Waals surface area contributed by atoms with Gasteiger partial charge >= 0.3 is 50.9 Å². The molecule has 0 aliphatic carbocycles. The fraction of sp³-hybridized carbons (Fsp3) is 0.500. The first-order valence-corrected chi connectivity index (χ1v) is 16.4. The van der Waals surface area contributed by atoms with Gasteiger partial charge in [-0.25, -0.2) is 0 Å². The zero-order valence-corrected chi connectivity index (χ0v) is 11.4. The summed E-state index contributed by atoms with van der Waals surface area (Å²) in [4.78, 5) is 0. The van der Waals surface area contributed by atoms with E-state index >= 15 is 0 Å². The van der Waals surface area contributed by atoms with Gasteiger partial charge in [-0.3, -0.25) is 0 Å². The Kier molecular flexibility index (Phi) is 92.9. The van der Waals surface area contributed by atoms with Crippen LogP contribution in [0.1, 0.15) is 13.8 Å². The van der Waals surface area contributed by atoms with Crippen LogP contribution in [0.4, 0.5) is 0 Å². The van der Waals surface area contributed by atoms with Crippen LogP contribution in [0.2, 0.25) is 0 Å². The van der Waals surface area contributed by atoms with Crippen LogP contribution in [0, 0.1) is 13.8 Å². The van der Waals surface area contributed by atoms with E-state index in [1.165, 1.54) is 0 Å². The van der Waals surface area contributed by atoms with E-state index in [1.54, 1.807) is 13.8 Å². The van der Waals surface area contributed by atoms with E-state index in [0.29, 0.717) is 0 Å². The second-order valence-corrected chi connectivity index (χ2v) is 19.0. The molecule has 0 rings (SSSR count). The molecule has 0 saturated carbocycles. The van der Waals surface area contributed by atoms with Gasteiger partial charge in [0, 0.05) is 0 Å². The number of halogens is 2.